The number of anilines is 3. The van der Waals surface area contributed by atoms with Crippen LogP contribution in [0.4, 0.5) is 22.2 Å². The molecule has 3 aromatic rings. The fourth-order valence-corrected chi connectivity index (χ4v) is 5.02. The van der Waals surface area contributed by atoms with Crippen LogP contribution in [0.15, 0.2) is 53.5 Å². The predicted octanol–water partition coefficient (Wildman–Crippen LogP) is 5.54. The molecule has 3 heterocycles. The van der Waals surface area contributed by atoms with Crippen molar-refractivity contribution < 1.29 is 28.3 Å². The molecule has 0 saturated carbocycles. The van der Waals surface area contributed by atoms with E-state index in [0.717, 1.165) is 18.4 Å². The highest BCUT2D eigenvalue weighted by Gasteiger charge is 2.30. The molecule has 12 heteroatoms. The minimum atomic E-state index is -0.872. The van der Waals surface area contributed by atoms with E-state index in [1.165, 1.54) is 17.4 Å². The molecule has 1 aliphatic heterocycles. The molecule has 2 amide bonds. The Morgan fingerprint density at radius 3 is 2.29 bits per heavy atom. The van der Waals surface area contributed by atoms with Gasteiger partial charge in [0, 0.05) is 39.1 Å². The second kappa shape index (κ2) is 14.9. The lowest BCUT2D eigenvalue weighted by Crippen LogP contribution is -2.39. The number of rotatable bonds is 12. The second-order valence-electron chi connectivity index (χ2n) is 11.8. The zero-order valence-electron chi connectivity index (χ0n) is 27.0. The van der Waals surface area contributed by atoms with Crippen molar-refractivity contribution in [2.75, 3.05) is 47.8 Å². The van der Waals surface area contributed by atoms with Crippen LogP contribution in [-0.4, -0.2) is 77.2 Å². The number of likely N-dealkylation sites (tertiary alicyclic amines) is 1. The lowest BCUT2D eigenvalue weighted by atomic mass is 10.0. The number of aromatic nitrogens is 2. The topological polar surface area (TPSA) is 130 Å². The highest BCUT2D eigenvalue weighted by molar-refractivity contribution is 6.07. The van der Waals surface area contributed by atoms with Crippen molar-refractivity contribution in [1.82, 2.24) is 14.9 Å². The molecule has 0 spiro atoms. The van der Waals surface area contributed by atoms with Gasteiger partial charge < -0.3 is 33.9 Å². The first kappa shape index (κ1) is 33.3. The van der Waals surface area contributed by atoms with Gasteiger partial charge in [0.05, 0.1) is 18.0 Å². The highest BCUT2D eigenvalue weighted by Crippen LogP contribution is 2.29. The van der Waals surface area contributed by atoms with Crippen LogP contribution in [0.25, 0.3) is 0 Å². The maximum Gasteiger partial charge on any atom is 0.415 e. The monoisotopic (exact) mass is 620 g/mol. The van der Waals surface area contributed by atoms with Crippen molar-refractivity contribution in [2.45, 2.75) is 72.4 Å². The number of amides is 2. The number of nitrogens with one attached hydrogen (secondary N) is 1. The van der Waals surface area contributed by atoms with Crippen molar-refractivity contribution in [2.24, 2.45) is 0 Å². The summed E-state index contributed by atoms with van der Waals surface area (Å²) < 4.78 is 16.5. The van der Waals surface area contributed by atoms with Gasteiger partial charge in [-0.25, -0.2) is 14.6 Å². The van der Waals surface area contributed by atoms with Crippen LogP contribution in [0.3, 0.4) is 0 Å². The molecule has 12 nitrogen and oxygen atoms in total. The molecule has 242 valence electrons. The van der Waals surface area contributed by atoms with Crippen molar-refractivity contribution >= 4 is 35.4 Å². The smallest absolute Gasteiger partial charge is 0.415 e. The highest BCUT2D eigenvalue weighted by atomic mass is 16.6. The average Bonchev–Trinajstić information content (AvgIpc) is 3.74. The number of nitrogens with zero attached hydrogens (tertiary/aromatic N) is 5. The summed E-state index contributed by atoms with van der Waals surface area (Å²) in [6.07, 6.45) is 6.26. The molecule has 0 unspecified atom stereocenters. The number of ether oxygens (including phenoxy) is 2. The molecule has 45 heavy (non-hydrogen) atoms. The summed E-state index contributed by atoms with van der Waals surface area (Å²) in [5, 5.41) is 3.30. The normalized spacial score (nSPS) is 13.7. The van der Waals surface area contributed by atoms with E-state index in [1.807, 2.05) is 58.6 Å². The first-order chi connectivity index (χ1) is 21.5. The molecule has 1 fully saturated rings. The number of hydrogen-bond acceptors (Lipinski definition) is 10. The van der Waals surface area contributed by atoms with Gasteiger partial charge in [0.1, 0.15) is 29.3 Å². The lowest BCUT2D eigenvalue weighted by molar-refractivity contribution is -0.155. The molecule has 0 radical (unpaired) electrons. The van der Waals surface area contributed by atoms with Gasteiger partial charge in [-0.15, -0.1) is 0 Å². The van der Waals surface area contributed by atoms with Crippen molar-refractivity contribution in [1.29, 1.82) is 0 Å². The van der Waals surface area contributed by atoms with Gasteiger partial charge in [-0.05, 0) is 78.1 Å². The third-order valence-electron chi connectivity index (χ3n) is 7.36. The SMILES string of the molecule is CCN(CC)c1ncc(N(CC)C(=O)c2ccoc2)c(N[C@@H](Cc2ccc(OC(=O)N3CCCC3)cc2)C(=O)OC(C)(C)C)n1. The fourth-order valence-electron chi connectivity index (χ4n) is 5.02. The molecule has 1 saturated heterocycles. The molecular formula is C33H44N6O6. The van der Waals surface area contributed by atoms with Crippen LogP contribution < -0.4 is 19.9 Å². The molecule has 1 aromatic carbocycles. The van der Waals surface area contributed by atoms with E-state index >= 15 is 0 Å². The molecule has 2 aromatic heterocycles. The summed E-state index contributed by atoms with van der Waals surface area (Å²) in [4.78, 5) is 54.1. The van der Waals surface area contributed by atoms with Crippen LogP contribution >= 0.6 is 0 Å². The molecule has 0 aliphatic carbocycles. The molecule has 4 rings (SSSR count). The molecule has 0 bridgehead atoms. The lowest BCUT2D eigenvalue weighted by Gasteiger charge is -2.28. The zero-order valence-corrected chi connectivity index (χ0v) is 27.0. The van der Waals surface area contributed by atoms with E-state index < -0.39 is 17.6 Å². The summed E-state index contributed by atoms with van der Waals surface area (Å²) in [7, 11) is 0. The van der Waals surface area contributed by atoms with E-state index in [2.05, 4.69) is 10.3 Å². The average molecular weight is 621 g/mol. The van der Waals surface area contributed by atoms with Gasteiger partial charge >= 0.3 is 12.1 Å². The van der Waals surface area contributed by atoms with Gasteiger partial charge in [-0.1, -0.05) is 12.1 Å². The van der Waals surface area contributed by atoms with Crippen molar-refractivity contribution in [3.05, 3.63) is 60.2 Å². The first-order valence-corrected chi connectivity index (χ1v) is 15.5. The van der Waals surface area contributed by atoms with Crippen LogP contribution in [0.5, 0.6) is 5.75 Å². The maximum atomic E-state index is 13.6. The Morgan fingerprint density at radius 2 is 1.71 bits per heavy atom. The number of carbonyl (C=O) groups excluding carboxylic acids is 3. The van der Waals surface area contributed by atoms with Crippen LogP contribution in [-0.2, 0) is 16.0 Å². The Morgan fingerprint density at radius 1 is 1.02 bits per heavy atom. The van der Waals surface area contributed by atoms with E-state index in [4.69, 9.17) is 18.9 Å². The minimum absolute atomic E-state index is 0.237. The Bertz CT molecular complexity index is 1430. The number of hydrogen-bond donors (Lipinski definition) is 1. The van der Waals surface area contributed by atoms with E-state index in [1.54, 1.807) is 29.3 Å². The third kappa shape index (κ3) is 8.74. The summed E-state index contributed by atoms with van der Waals surface area (Å²) in [5.41, 5.74) is 0.862. The van der Waals surface area contributed by atoms with Gasteiger partial charge in [-0.3, -0.25) is 4.79 Å². The van der Waals surface area contributed by atoms with Gasteiger partial charge in [0.15, 0.2) is 5.82 Å². The molecule has 1 atom stereocenters. The summed E-state index contributed by atoms with van der Waals surface area (Å²) in [6.45, 7) is 14.3. The Balaban J connectivity index is 1.66. The molecular weight excluding hydrogens is 576 g/mol. The molecule has 1 N–H and O–H groups in total. The van der Waals surface area contributed by atoms with Crippen LogP contribution in [0, 0.1) is 0 Å². The second-order valence-corrected chi connectivity index (χ2v) is 11.8. The van der Waals surface area contributed by atoms with Crippen molar-refractivity contribution in [3.8, 4) is 5.75 Å². The Hall–Kier alpha value is -4.61. The van der Waals surface area contributed by atoms with Crippen LogP contribution in [0.2, 0.25) is 0 Å². The largest absolute Gasteiger partial charge is 0.472 e. The van der Waals surface area contributed by atoms with Gasteiger partial charge in [0.25, 0.3) is 5.91 Å². The predicted molar refractivity (Wildman–Crippen MR) is 172 cm³/mol. The van der Waals surface area contributed by atoms with E-state index in [0.29, 0.717) is 61.5 Å². The number of benzene rings is 1. The van der Waals surface area contributed by atoms with E-state index in [9.17, 15) is 14.4 Å². The minimum Gasteiger partial charge on any atom is -0.472 e. The fraction of sp³-hybridized carbons (Fsp3) is 0.485. The maximum absolute atomic E-state index is 13.6. The summed E-state index contributed by atoms with van der Waals surface area (Å²) >= 11 is 0. The molecule has 1 aliphatic rings. The quantitative estimate of drug-likeness (QED) is 0.258. The van der Waals surface area contributed by atoms with Gasteiger partial charge in [-0.2, -0.15) is 4.98 Å². The number of esters is 1. The van der Waals surface area contributed by atoms with Gasteiger partial charge in [0.2, 0.25) is 5.95 Å². The Labute approximate surface area is 264 Å². The Kier molecular flexibility index (Phi) is 11.0. The zero-order chi connectivity index (χ0) is 32.6. The first-order valence-electron chi connectivity index (χ1n) is 15.5. The summed E-state index contributed by atoms with van der Waals surface area (Å²) in [5.74, 6) is 0.435. The standard InChI is InChI=1S/C33H44N6O6/c1-7-37(8-2)31-34-21-27(39(9-3)29(40)24-16-19-43-22-24)28(36-31)35-26(30(41)45-33(4,5)6)20-23-12-14-25(15-13-23)44-32(42)38-17-10-11-18-38/h12-16,19,21-22,26H,7-11,17-18,20H2,1-6H3,(H,34,35,36)/t26-/m0/s1. The van der Waals surface area contributed by atoms with Crippen molar-refractivity contribution in [3.63, 3.8) is 0 Å². The van der Waals surface area contributed by atoms with Crippen LogP contribution in [0.1, 0.15) is 70.3 Å². The number of furan rings is 1. The summed E-state index contributed by atoms with van der Waals surface area (Å²) in [6, 6.07) is 7.78. The van der Waals surface area contributed by atoms with E-state index in [-0.39, 0.29) is 18.4 Å². The third-order valence-corrected chi connectivity index (χ3v) is 7.36. The number of carbonyl (C=O) groups is 3.